The van der Waals surface area contributed by atoms with Crippen molar-refractivity contribution in [1.82, 2.24) is 19.8 Å². The van der Waals surface area contributed by atoms with E-state index in [2.05, 4.69) is 10.2 Å². The zero-order chi connectivity index (χ0) is 18.5. The Hall–Kier alpha value is -2.32. The summed E-state index contributed by atoms with van der Waals surface area (Å²) in [6.07, 6.45) is 0. The molecule has 1 atom stereocenters. The van der Waals surface area contributed by atoms with Crippen molar-refractivity contribution in [2.24, 2.45) is 0 Å². The summed E-state index contributed by atoms with van der Waals surface area (Å²) in [5.74, 6) is 6.86. The predicted molar refractivity (Wildman–Crippen MR) is 106 cm³/mol. The molecule has 2 heterocycles. The van der Waals surface area contributed by atoms with Gasteiger partial charge in [0.25, 0.3) is 0 Å². The number of rotatable bonds is 7. The Bertz CT molecular complexity index is 844. The zero-order valence-corrected chi connectivity index (χ0v) is 16.3. The smallest absolute Gasteiger partial charge is 0.240 e. The molecule has 3 rings (SSSR count). The number of amides is 1. The first kappa shape index (κ1) is 18.5. The molecular weight excluding hydrogens is 366 g/mol. The molecule has 0 bridgehead atoms. The third kappa shape index (κ3) is 3.76. The molecule has 136 valence electrons. The molecule has 2 N–H and O–H groups in total. The van der Waals surface area contributed by atoms with E-state index < -0.39 is 5.25 Å². The number of thioether (sulfide) groups is 1. The lowest BCUT2D eigenvalue weighted by atomic mass is 10.1. The number of nitrogen functional groups attached to an aromatic ring is 1. The van der Waals surface area contributed by atoms with Crippen LogP contribution >= 0.6 is 23.1 Å². The molecule has 2 aromatic heterocycles. The van der Waals surface area contributed by atoms with Crippen LogP contribution < -0.4 is 5.84 Å². The van der Waals surface area contributed by atoms with E-state index >= 15 is 0 Å². The largest absolute Gasteiger partial charge is 0.342 e. The number of benzene rings is 1. The minimum atomic E-state index is -0.418. The molecule has 0 aliphatic carbocycles. The van der Waals surface area contributed by atoms with Crippen molar-refractivity contribution in [3.63, 3.8) is 0 Å². The summed E-state index contributed by atoms with van der Waals surface area (Å²) >= 11 is 2.88. The standard InChI is InChI=1S/C18H21N5OS2/c1-3-22(4-2)17(24)15(13-9-6-5-7-10-13)26-18-21-20-16(23(18)19)14-11-8-12-25-14/h5-12,15H,3-4,19H2,1-2H3/t15-/m0/s1. The summed E-state index contributed by atoms with van der Waals surface area (Å²) in [5, 5.41) is 10.5. The van der Waals surface area contributed by atoms with Gasteiger partial charge in [-0.15, -0.1) is 21.5 Å². The fourth-order valence-electron chi connectivity index (χ4n) is 2.63. The quantitative estimate of drug-likeness (QED) is 0.496. The van der Waals surface area contributed by atoms with Crippen molar-refractivity contribution >= 4 is 29.0 Å². The van der Waals surface area contributed by atoms with E-state index in [1.165, 1.54) is 16.4 Å². The Morgan fingerprint density at radius 2 is 1.92 bits per heavy atom. The average Bonchev–Trinajstić information content (AvgIpc) is 3.31. The van der Waals surface area contributed by atoms with Gasteiger partial charge < -0.3 is 10.7 Å². The lowest BCUT2D eigenvalue weighted by Gasteiger charge is -2.24. The van der Waals surface area contributed by atoms with E-state index in [0.717, 1.165) is 10.4 Å². The van der Waals surface area contributed by atoms with Crippen LogP contribution in [0.1, 0.15) is 24.7 Å². The van der Waals surface area contributed by atoms with Gasteiger partial charge in [-0.25, -0.2) is 4.68 Å². The van der Waals surface area contributed by atoms with E-state index in [1.807, 2.05) is 66.6 Å². The van der Waals surface area contributed by atoms with Gasteiger partial charge in [-0.3, -0.25) is 4.79 Å². The summed E-state index contributed by atoms with van der Waals surface area (Å²) in [7, 11) is 0. The maximum Gasteiger partial charge on any atom is 0.240 e. The summed E-state index contributed by atoms with van der Waals surface area (Å²) in [5.41, 5.74) is 0.926. The SMILES string of the molecule is CCN(CC)C(=O)[C@@H](Sc1nnc(-c2cccs2)n1N)c1ccccc1. The van der Waals surface area contributed by atoms with E-state index in [9.17, 15) is 4.79 Å². The van der Waals surface area contributed by atoms with Crippen LogP contribution in [-0.2, 0) is 4.79 Å². The Kier molecular flexibility index (Phi) is 5.95. The minimum Gasteiger partial charge on any atom is -0.342 e. The first-order valence-electron chi connectivity index (χ1n) is 8.40. The number of carbonyl (C=O) groups excluding carboxylic acids is 1. The van der Waals surface area contributed by atoms with E-state index in [1.54, 1.807) is 11.3 Å². The number of nitrogens with zero attached hydrogens (tertiary/aromatic N) is 4. The minimum absolute atomic E-state index is 0.0480. The Morgan fingerprint density at radius 1 is 1.19 bits per heavy atom. The highest BCUT2D eigenvalue weighted by Crippen LogP contribution is 2.36. The van der Waals surface area contributed by atoms with E-state index in [4.69, 9.17) is 5.84 Å². The van der Waals surface area contributed by atoms with Crippen LogP contribution in [0.4, 0.5) is 0 Å². The van der Waals surface area contributed by atoms with Crippen molar-refractivity contribution in [1.29, 1.82) is 0 Å². The molecule has 0 saturated carbocycles. The van der Waals surface area contributed by atoms with Gasteiger partial charge in [-0.05, 0) is 30.9 Å². The number of hydrogen-bond donors (Lipinski definition) is 1. The Labute approximate surface area is 161 Å². The van der Waals surface area contributed by atoms with Crippen LogP contribution in [0.2, 0.25) is 0 Å². The number of likely N-dealkylation sites (N-methyl/N-ethyl adjacent to an activating group) is 1. The van der Waals surface area contributed by atoms with Crippen molar-refractivity contribution in [3.8, 4) is 10.7 Å². The Morgan fingerprint density at radius 3 is 2.54 bits per heavy atom. The number of thiophene rings is 1. The number of nitrogens with two attached hydrogens (primary N) is 1. The highest BCUT2D eigenvalue weighted by Gasteiger charge is 2.28. The molecule has 3 aromatic rings. The molecule has 0 spiro atoms. The molecule has 0 unspecified atom stereocenters. The monoisotopic (exact) mass is 387 g/mol. The van der Waals surface area contributed by atoms with Crippen LogP contribution in [0, 0.1) is 0 Å². The fraction of sp³-hybridized carbons (Fsp3) is 0.278. The van der Waals surface area contributed by atoms with Crippen LogP contribution in [0.3, 0.4) is 0 Å². The first-order valence-corrected chi connectivity index (χ1v) is 10.2. The highest BCUT2D eigenvalue weighted by atomic mass is 32.2. The molecule has 1 aromatic carbocycles. The number of carbonyl (C=O) groups is 1. The number of aromatic nitrogens is 3. The molecule has 8 heteroatoms. The maximum absolute atomic E-state index is 13.1. The fourth-order valence-corrected chi connectivity index (χ4v) is 4.37. The third-order valence-electron chi connectivity index (χ3n) is 4.03. The first-order chi connectivity index (χ1) is 12.7. The summed E-state index contributed by atoms with van der Waals surface area (Å²) in [6.45, 7) is 5.28. The van der Waals surface area contributed by atoms with Gasteiger partial charge in [-0.2, -0.15) is 0 Å². The van der Waals surface area contributed by atoms with Crippen molar-refractivity contribution in [3.05, 3.63) is 53.4 Å². The molecule has 26 heavy (non-hydrogen) atoms. The second-order valence-corrected chi connectivity index (χ2v) is 7.59. The van der Waals surface area contributed by atoms with E-state index in [0.29, 0.717) is 24.1 Å². The maximum atomic E-state index is 13.1. The van der Waals surface area contributed by atoms with E-state index in [-0.39, 0.29) is 5.91 Å². The predicted octanol–water partition coefficient (Wildman–Crippen LogP) is 3.42. The van der Waals surface area contributed by atoms with Crippen molar-refractivity contribution in [2.75, 3.05) is 18.9 Å². The van der Waals surface area contributed by atoms with Gasteiger partial charge in [0, 0.05) is 13.1 Å². The molecule has 0 fully saturated rings. The molecule has 0 aliphatic rings. The second-order valence-electron chi connectivity index (χ2n) is 5.57. The van der Waals surface area contributed by atoms with Crippen LogP contribution in [0.25, 0.3) is 10.7 Å². The van der Waals surface area contributed by atoms with Gasteiger partial charge in [-0.1, -0.05) is 48.2 Å². The number of hydrogen-bond acceptors (Lipinski definition) is 6. The zero-order valence-electron chi connectivity index (χ0n) is 14.7. The summed E-state index contributed by atoms with van der Waals surface area (Å²) in [6, 6.07) is 13.6. The molecular formula is C18H21N5OS2. The normalized spacial score (nSPS) is 12.1. The third-order valence-corrected chi connectivity index (χ3v) is 6.10. The molecule has 1 amide bonds. The molecule has 0 aliphatic heterocycles. The molecule has 6 nitrogen and oxygen atoms in total. The topological polar surface area (TPSA) is 77.0 Å². The van der Waals surface area contributed by atoms with Gasteiger partial charge in [0.2, 0.25) is 11.1 Å². The van der Waals surface area contributed by atoms with Crippen LogP contribution in [0.15, 0.2) is 53.0 Å². The lowest BCUT2D eigenvalue weighted by molar-refractivity contribution is -0.130. The average molecular weight is 388 g/mol. The van der Waals surface area contributed by atoms with Crippen molar-refractivity contribution < 1.29 is 4.79 Å². The van der Waals surface area contributed by atoms with Crippen molar-refractivity contribution in [2.45, 2.75) is 24.3 Å². The Balaban J connectivity index is 1.93. The molecule has 0 radical (unpaired) electrons. The van der Waals surface area contributed by atoms with Gasteiger partial charge in [0.05, 0.1) is 4.88 Å². The summed E-state index contributed by atoms with van der Waals surface area (Å²) < 4.78 is 1.46. The van der Waals surface area contributed by atoms with Gasteiger partial charge in [0.1, 0.15) is 5.25 Å². The highest BCUT2D eigenvalue weighted by molar-refractivity contribution is 8.00. The van der Waals surface area contributed by atoms with Crippen LogP contribution in [0.5, 0.6) is 0 Å². The second kappa shape index (κ2) is 8.37. The lowest BCUT2D eigenvalue weighted by Crippen LogP contribution is -2.34. The van der Waals surface area contributed by atoms with Crippen LogP contribution in [-0.4, -0.2) is 38.8 Å². The van der Waals surface area contributed by atoms with Gasteiger partial charge in [0.15, 0.2) is 5.82 Å². The van der Waals surface area contributed by atoms with Gasteiger partial charge >= 0.3 is 0 Å². The summed E-state index contributed by atoms with van der Waals surface area (Å²) in [4.78, 5) is 15.8. The molecule has 0 saturated heterocycles.